The highest BCUT2D eigenvalue weighted by molar-refractivity contribution is 5.87. The van der Waals surface area contributed by atoms with Gasteiger partial charge in [0.05, 0.1) is 0 Å². The van der Waals surface area contributed by atoms with Crippen molar-refractivity contribution in [2.45, 2.75) is 59.9 Å². The van der Waals surface area contributed by atoms with Crippen molar-refractivity contribution in [3.8, 4) is 0 Å². The van der Waals surface area contributed by atoms with Gasteiger partial charge >= 0.3 is 0 Å². The van der Waals surface area contributed by atoms with Gasteiger partial charge in [-0.1, -0.05) is 27.7 Å². The molecule has 0 heterocycles. The Morgan fingerprint density at radius 1 is 1.05 bits per heavy atom. The first kappa shape index (κ1) is 19.9. The molecule has 0 spiro atoms. The van der Waals surface area contributed by atoms with E-state index in [2.05, 4.69) is 24.5 Å². The summed E-state index contributed by atoms with van der Waals surface area (Å²) in [5.41, 5.74) is 5.60. The highest BCUT2D eigenvalue weighted by Crippen LogP contribution is 2.20. The lowest BCUT2D eigenvalue weighted by atomic mass is 9.88. The zero-order valence-corrected chi connectivity index (χ0v) is 14.2. The molecule has 2 amide bonds. The van der Waals surface area contributed by atoms with Crippen LogP contribution in [0.2, 0.25) is 0 Å². The average Bonchev–Trinajstić information content (AvgIpc) is 2.40. The van der Waals surface area contributed by atoms with E-state index < -0.39 is 6.04 Å². The van der Waals surface area contributed by atoms with Gasteiger partial charge in [0.15, 0.2) is 0 Å². The molecule has 0 aromatic carbocycles. The van der Waals surface area contributed by atoms with Crippen molar-refractivity contribution in [1.29, 1.82) is 0 Å². The van der Waals surface area contributed by atoms with Gasteiger partial charge in [-0.25, -0.2) is 0 Å². The van der Waals surface area contributed by atoms with Gasteiger partial charge in [-0.3, -0.25) is 9.59 Å². The molecule has 0 rings (SSSR count). The van der Waals surface area contributed by atoms with Crippen LogP contribution in [0.25, 0.3) is 0 Å². The summed E-state index contributed by atoms with van der Waals surface area (Å²) in [4.78, 5) is 23.7. The molecule has 21 heavy (non-hydrogen) atoms. The van der Waals surface area contributed by atoms with Crippen LogP contribution in [0.5, 0.6) is 0 Å². The highest BCUT2D eigenvalue weighted by Gasteiger charge is 2.18. The molecule has 0 radical (unpaired) electrons. The molecule has 0 saturated heterocycles. The van der Waals surface area contributed by atoms with E-state index in [1.807, 2.05) is 13.8 Å². The molecule has 0 aromatic heterocycles. The minimum atomic E-state index is -0.483. The fraction of sp³-hybridized carbons (Fsp3) is 0.875. The van der Waals surface area contributed by atoms with Gasteiger partial charge in [-0.05, 0) is 44.1 Å². The first-order valence-corrected chi connectivity index (χ1v) is 8.05. The summed E-state index contributed by atoms with van der Waals surface area (Å²) in [6.45, 7) is 11.4. The molecule has 0 aromatic rings. The Balaban J connectivity index is 4.09. The molecule has 2 unspecified atom stereocenters. The zero-order valence-electron chi connectivity index (χ0n) is 14.2. The van der Waals surface area contributed by atoms with Crippen LogP contribution in [-0.2, 0) is 9.59 Å². The summed E-state index contributed by atoms with van der Waals surface area (Å²) in [5, 5.41) is 5.58. The fourth-order valence-electron chi connectivity index (χ4n) is 2.18. The SMILES string of the molecule is CC(C)CNC(=O)C(C)NC(=O)CCC(CCN)C(C)C. The molecule has 2 atom stereocenters. The van der Waals surface area contributed by atoms with Crippen LogP contribution >= 0.6 is 0 Å². The molecule has 5 nitrogen and oxygen atoms in total. The zero-order chi connectivity index (χ0) is 16.4. The number of amides is 2. The molecule has 0 fully saturated rings. The molecular weight excluding hydrogens is 266 g/mol. The molecule has 5 heteroatoms. The van der Waals surface area contributed by atoms with E-state index in [-0.39, 0.29) is 11.8 Å². The van der Waals surface area contributed by atoms with Crippen LogP contribution in [0.15, 0.2) is 0 Å². The number of hydrogen-bond acceptors (Lipinski definition) is 3. The lowest BCUT2D eigenvalue weighted by molar-refractivity contribution is -0.128. The predicted molar refractivity (Wildman–Crippen MR) is 86.7 cm³/mol. The fourth-order valence-corrected chi connectivity index (χ4v) is 2.18. The molecule has 0 bridgehead atoms. The van der Waals surface area contributed by atoms with Crippen LogP contribution in [0.4, 0.5) is 0 Å². The molecule has 0 saturated carbocycles. The lowest BCUT2D eigenvalue weighted by Gasteiger charge is -2.20. The number of nitrogens with two attached hydrogens (primary N) is 1. The molecule has 0 aliphatic carbocycles. The quantitative estimate of drug-likeness (QED) is 0.573. The maximum atomic E-state index is 11.9. The van der Waals surface area contributed by atoms with Gasteiger partial charge in [0.2, 0.25) is 11.8 Å². The maximum Gasteiger partial charge on any atom is 0.242 e. The third kappa shape index (κ3) is 9.45. The van der Waals surface area contributed by atoms with Gasteiger partial charge in [0.1, 0.15) is 6.04 Å². The van der Waals surface area contributed by atoms with Crippen molar-refractivity contribution in [3.63, 3.8) is 0 Å². The Morgan fingerprint density at radius 2 is 1.67 bits per heavy atom. The van der Waals surface area contributed by atoms with Crippen LogP contribution < -0.4 is 16.4 Å². The molecule has 124 valence electrons. The molecule has 0 aliphatic rings. The largest absolute Gasteiger partial charge is 0.354 e. The topological polar surface area (TPSA) is 84.2 Å². The second-order valence-electron chi connectivity index (χ2n) is 6.55. The second-order valence-corrected chi connectivity index (χ2v) is 6.55. The summed E-state index contributed by atoms with van der Waals surface area (Å²) in [6.07, 6.45) is 2.21. The van der Waals surface area contributed by atoms with Crippen molar-refractivity contribution in [1.82, 2.24) is 10.6 Å². The standard InChI is InChI=1S/C16H33N3O2/c1-11(2)10-18-16(21)13(5)19-15(20)7-6-14(8-9-17)12(3)4/h11-14H,6-10,17H2,1-5H3,(H,18,21)(H,19,20). The van der Waals surface area contributed by atoms with Crippen molar-refractivity contribution >= 4 is 11.8 Å². The minimum absolute atomic E-state index is 0.0649. The van der Waals surface area contributed by atoms with Gasteiger partial charge in [-0.15, -0.1) is 0 Å². The third-order valence-corrected chi connectivity index (χ3v) is 3.68. The lowest BCUT2D eigenvalue weighted by Crippen LogP contribution is -2.45. The maximum absolute atomic E-state index is 11.9. The first-order chi connectivity index (χ1) is 9.77. The number of carbonyl (C=O) groups excluding carboxylic acids is 2. The molecular formula is C16H33N3O2. The number of hydrogen-bond donors (Lipinski definition) is 3. The summed E-state index contributed by atoms with van der Waals surface area (Å²) >= 11 is 0. The predicted octanol–water partition coefficient (Wildman–Crippen LogP) is 1.66. The van der Waals surface area contributed by atoms with Crippen LogP contribution in [0.1, 0.15) is 53.9 Å². The van der Waals surface area contributed by atoms with E-state index in [0.717, 1.165) is 12.8 Å². The first-order valence-electron chi connectivity index (χ1n) is 8.05. The average molecular weight is 299 g/mol. The Labute approximate surface area is 129 Å². The highest BCUT2D eigenvalue weighted by atomic mass is 16.2. The van der Waals surface area contributed by atoms with E-state index in [1.165, 1.54) is 0 Å². The number of rotatable bonds is 10. The number of carbonyl (C=O) groups is 2. The normalized spacial score (nSPS) is 14.1. The van der Waals surface area contributed by atoms with Gasteiger partial charge < -0.3 is 16.4 Å². The van der Waals surface area contributed by atoms with Crippen LogP contribution in [-0.4, -0.2) is 30.9 Å². The summed E-state index contributed by atoms with van der Waals surface area (Å²) < 4.78 is 0. The Morgan fingerprint density at radius 3 is 2.14 bits per heavy atom. The smallest absolute Gasteiger partial charge is 0.242 e. The van der Waals surface area contributed by atoms with Crippen LogP contribution in [0.3, 0.4) is 0 Å². The van der Waals surface area contributed by atoms with Crippen molar-refractivity contribution in [2.75, 3.05) is 13.1 Å². The molecule has 4 N–H and O–H groups in total. The monoisotopic (exact) mass is 299 g/mol. The third-order valence-electron chi connectivity index (χ3n) is 3.68. The van der Waals surface area contributed by atoms with Crippen molar-refractivity contribution in [2.24, 2.45) is 23.5 Å². The Bertz CT molecular complexity index is 317. The Hall–Kier alpha value is -1.10. The second kappa shape index (κ2) is 10.6. The van der Waals surface area contributed by atoms with Crippen molar-refractivity contribution in [3.05, 3.63) is 0 Å². The molecule has 0 aliphatic heterocycles. The van der Waals surface area contributed by atoms with E-state index in [1.54, 1.807) is 6.92 Å². The van der Waals surface area contributed by atoms with Gasteiger partial charge in [0.25, 0.3) is 0 Å². The van der Waals surface area contributed by atoms with E-state index in [4.69, 9.17) is 5.73 Å². The van der Waals surface area contributed by atoms with Crippen molar-refractivity contribution < 1.29 is 9.59 Å². The van der Waals surface area contributed by atoms with E-state index in [0.29, 0.717) is 37.3 Å². The summed E-state index contributed by atoms with van der Waals surface area (Å²) in [7, 11) is 0. The minimum Gasteiger partial charge on any atom is -0.354 e. The number of nitrogens with one attached hydrogen (secondary N) is 2. The Kier molecular flexibility index (Phi) is 10.0. The van der Waals surface area contributed by atoms with E-state index >= 15 is 0 Å². The van der Waals surface area contributed by atoms with E-state index in [9.17, 15) is 9.59 Å². The van der Waals surface area contributed by atoms with Crippen LogP contribution in [0, 0.1) is 17.8 Å². The summed E-state index contributed by atoms with van der Waals surface area (Å²) in [6, 6.07) is -0.483. The van der Waals surface area contributed by atoms with Gasteiger partial charge in [0, 0.05) is 13.0 Å². The van der Waals surface area contributed by atoms with Gasteiger partial charge in [-0.2, -0.15) is 0 Å². The summed E-state index contributed by atoms with van der Waals surface area (Å²) in [5.74, 6) is 1.20.